The van der Waals surface area contributed by atoms with E-state index in [-0.39, 0.29) is 0 Å². The minimum absolute atomic E-state index is 1.17. The van der Waals surface area contributed by atoms with Crippen LogP contribution in [0.1, 0.15) is 10.4 Å². The van der Waals surface area contributed by atoms with Crippen LogP contribution in [0.2, 0.25) is 0 Å². The molecule has 0 bridgehead atoms. The molecule has 0 saturated heterocycles. The van der Waals surface area contributed by atoms with Gasteiger partial charge in [-0.1, -0.05) is 60.7 Å². The predicted molar refractivity (Wildman–Crippen MR) is 97.0 cm³/mol. The predicted octanol–water partition coefficient (Wildman–Crippen LogP) is 6.07. The number of fused-ring (bicyclic) bond motifs is 1. The summed E-state index contributed by atoms with van der Waals surface area (Å²) in [6.45, 7) is 0. The second-order valence-electron chi connectivity index (χ2n) is 5.17. The van der Waals surface area contributed by atoms with E-state index in [0.29, 0.717) is 0 Å². The van der Waals surface area contributed by atoms with Crippen molar-refractivity contribution in [2.45, 2.75) is 0 Å². The summed E-state index contributed by atoms with van der Waals surface area (Å²) in [5.74, 6) is 0. The van der Waals surface area contributed by atoms with Crippen LogP contribution in [0.5, 0.6) is 0 Å². The second kappa shape index (κ2) is 5.66. The Morgan fingerprint density at radius 2 is 1.59 bits per heavy atom. The Morgan fingerprint density at radius 3 is 2.41 bits per heavy atom. The average molecular weight is 301 g/mol. The molecule has 1 nitrogen and oxygen atoms in total. The Labute approximate surface area is 133 Å². The van der Waals surface area contributed by atoms with Crippen LogP contribution in [0.3, 0.4) is 0 Å². The van der Waals surface area contributed by atoms with E-state index in [2.05, 4.69) is 83.2 Å². The van der Waals surface area contributed by atoms with Gasteiger partial charge in [0.05, 0.1) is 5.69 Å². The van der Waals surface area contributed by atoms with E-state index in [1.165, 1.54) is 32.6 Å². The van der Waals surface area contributed by atoms with Crippen LogP contribution in [0.25, 0.3) is 34.3 Å². The van der Waals surface area contributed by atoms with Crippen molar-refractivity contribution in [1.29, 1.82) is 0 Å². The van der Waals surface area contributed by atoms with Crippen molar-refractivity contribution in [3.05, 3.63) is 82.6 Å². The number of hydrogen-bond acceptors (Lipinski definition) is 1. The summed E-state index contributed by atoms with van der Waals surface area (Å²) in [6, 6.07) is 23.2. The molecule has 2 aromatic heterocycles. The first-order chi connectivity index (χ1) is 10.9. The zero-order valence-corrected chi connectivity index (χ0v) is 12.8. The van der Waals surface area contributed by atoms with Crippen LogP contribution >= 0.6 is 11.3 Å². The fraction of sp³-hybridized carbons (Fsp3) is 0. The number of para-hydroxylation sites is 1. The number of aromatic nitrogens is 1. The number of nitrogens with one attached hydrogen (secondary N) is 1. The molecule has 0 radical (unpaired) electrons. The van der Waals surface area contributed by atoms with Gasteiger partial charge in [0, 0.05) is 21.3 Å². The molecule has 4 aromatic rings. The summed E-state index contributed by atoms with van der Waals surface area (Å²) in [4.78, 5) is 4.83. The van der Waals surface area contributed by atoms with Gasteiger partial charge < -0.3 is 4.98 Å². The van der Waals surface area contributed by atoms with Gasteiger partial charge in [-0.15, -0.1) is 11.3 Å². The quantitative estimate of drug-likeness (QED) is 0.473. The minimum atomic E-state index is 1.17. The fourth-order valence-electron chi connectivity index (χ4n) is 2.72. The molecular formula is C20H15NS. The van der Waals surface area contributed by atoms with Crippen molar-refractivity contribution in [2.24, 2.45) is 0 Å². The molecule has 1 N–H and O–H groups in total. The molecule has 0 spiro atoms. The summed E-state index contributed by atoms with van der Waals surface area (Å²) in [5.41, 5.74) is 4.81. The van der Waals surface area contributed by atoms with Crippen LogP contribution in [-0.4, -0.2) is 4.98 Å². The van der Waals surface area contributed by atoms with Crippen LogP contribution in [-0.2, 0) is 0 Å². The lowest BCUT2D eigenvalue weighted by Gasteiger charge is -2.00. The highest BCUT2D eigenvalue weighted by Gasteiger charge is 2.10. The third-order valence-electron chi connectivity index (χ3n) is 3.77. The monoisotopic (exact) mass is 301 g/mol. The Bertz CT molecular complexity index is 915. The van der Waals surface area contributed by atoms with Crippen LogP contribution in [0.4, 0.5) is 0 Å². The van der Waals surface area contributed by atoms with Crippen LogP contribution in [0.15, 0.2) is 72.1 Å². The van der Waals surface area contributed by atoms with Gasteiger partial charge in [-0.25, -0.2) is 0 Å². The Balaban J connectivity index is 1.90. The number of benzene rings is 2. The topological polar surface area (TPSA) is 15.8 Å². The summed E-state index contributed by atoms with van der Waals surface area (Å²) >= 11 is 1.75. The summed E-state index contributed by atoms with van der Waals surface area (Å²) < 4.78 is 0. The smallest absolute Gasteiger partial charge is 0.0538 e. The number of thiophene rings is 1. The molecular weight excluding hydrogens is 286 g/mol. The van der Waals surface area contributed by atoms with E-state index in [4.69, 9.17) is 0 Å². The van der Waals surface area contributed by atoms with Crippen molar-refractivity contribution in [1.82, 2.24) is 4.98 Å². The van der Waals surface area contributed by atoms with Gasteiger partial charge in [0.25, 0.3) is 0 Å². The highest BCUT2D eigenvalue weighted by Crippen LogP contribution is 2.32. The standard InChI is InChI=1S/C20H15NS/c1-2-7-15(8-3-1)20-18(13-12-16-9-6-14-22-16)17-10-4-5-11-19(17)21-20/h1-14,21H/b13-12+. The molecule has 0 fully saturated rings. The first-order valence-electron chi connectivity index (χ1n) is 7.29. The Hall–Kier alpha value is -2.58. The normalized spacial score (nSPS) is 11.5. The SMILES string of the molecule is C(=C\c1c(-c2ccccc2)[nH]c2ccccc12)/c1cccs1. The molecule has 2 heteroatoms. The molecule has 0 amide bonds. The number of rotatable bonds is 3. The maximum atomic E-state index is 3.56. The zero-order chi connectivity index (χ0) is 14.8. The van der Waals surface area contributed by atoms with Gasteiger partial charge in [-0.3, -0.25) is 0 Å². The maximum Gasteiger partial charge on any atom is 0.0538 e. The molecule has 106 valence electrons. The van der Waals surface area contributed by atoms with Crippen LogP contribution < -0.4 is 0 Å². The second-order valence-corrected chi connectivity index (χ2v) is 6.15. The molecule has 22 heavy (non-hydrogen) atoms. The van der Waals surface area contributed by atoms with Gasteiger partial charge in [-0.05, 0) is 29.2 Å². The maximum absolute atomic E-state index is 3.56. The van der Waals surface area contributed by atoms with E-state index in [0.717, 1.165) is 0 Å². The fourth-order valence-corrected chi connectivity index (χ4v) is 3.34. The van der Waals surface area contributed by atoms with Crippen LogP contribution in [0, 0.1) is 0 Å². The molecule has 0 aliphatic rings. The largest absolute Gasteiger partial charge is 0.354 e. The van der Waals surface area contributed by atoms with Gasteiger partial charge in [0.15, 0.2) is 0 Å². The lowest BCUT2D eigenvalue weighted by Crippen LogP contribution is -1.79. The van der Waals surface area contributed by atoms with Gasteiger partial charge in [0.1, 0.15) is 0 Å². The third-order valence-corrected chi connectivity index (χ3v) is 4.60. The Kier molecular flexibility index (Phi) is 3.37. The average Bonchev–Trinajstić information content (AvgIpc) is 3.21. The van der Waals surface area contributed by atoms with Gasteiger partial charge in [0.2, 0.25) is 0 Å². The third kappa shape index (κ3) is 2.38. The summed E-state index contributed by atoms with van der Waals surface area (Å²) in [6.07, 6.45) is 4.40. The van der Waals surface area contributed by atoms with Crippen molar-refractivity contribution >= 4 is 34.4 Å². The highest BCUT2D eigenvalue weighted by molar-refractivity contribution is 7.10. The molecule has 0 saturated carbocycles. The van der Waals surface area contributed by atoms with Crippen molar-refractivity contribution in [2.75, 3.05) is 0 Å². The van der Waals surface area contributed by atoms with E-state index in [1.807, 2.05) is 6.07 Å². The number of aromatic amines is 1. The molecule has 2 aromatic carbocycles. The van der Waals surface area contributed by atoms with Gasteiger partial charge >= 0.3 is 0 Å². The molecule has 0 atom stereocenters. The van der Waals surface area contributed by atoms with Crippen molar-refractivity contribution in [3.8, 4) is 11.3 Å². The van der Waals surface area contributed by atoms with Crippen molar-refractivity contribution in [3.63, 3.8) is 0 Å². The summed E-state index contributed by atoms with van der Waals surface area (Å²) in [7, 11) is 0. The number of H-pyrrole nitrogens is 1. The summed E-state index contributed by atoms with van der Waals surface area (Å²) in [5, 5.41) is 3.36. The Morgan fingerprint density at radius 1 is 0.773 bits per heavy atom. The highest BCUT2D eigenvalue weighted by atomic mass is 32.1. The molecule has 2 heterocycles. The van der Waals surface area contributed by atoms with Gasteiger partial charge in [-0.2, -0.15) is 0 Å². The van der Waals surface area contributed by atoms with E-state index < -0.39 is 0 Å². The number of hydrogen-bond donors (Lipinski definition) is 1. The van der Waals surface area contributed by atoms with E-state index >= 15 is 0 Å². The first-order valence-corrected chi connectivity index (χ1v) is 8.17. The lowest BCUT2D eigenvalue weighted by atomic mass is 10.0. The van der Waals surface area contributed by atoms with Crippen molar-refractivity contribution < 1.29 is 0 Å². The zero-order valence-electron chi connectivity index (χ0n) is 12.0. The minimum Gasteiger partial charge on any atom is -0.354 e. The molecule has 0 unspecified atom stereocenters. The van der Waals surface area contributed by atoms with E-state index in [1.54, 1.807) is 11.3 Å². The molecule has 0 aliphatic carbocycles. The first kappa shape index (κ1) is 13.1. The molecule has 0 aliphatic heterocycles. The lowest BCUT2D eigenvalue weighted by molar-refractivity contribution is 1.45. The van der Waals surface area contributed by atoms with E-state index in [9.17, 15) is 0 Å². The molecule has 4 rings (SSSR count).